The lowest BCUT2D eigenvalue weighted by atomic mass is 10.1. The fraction of sp³-hybridized carbons (Fsp3) is 0.357. The highest BCUT2D eigenvalue weighted by Gasteiger charge is 2.07. The van der Waals surface area contributed by atoms with Gasteiger partial charge in [0.05, 0.1) is 5.69 Å². The van der Waals surface area contributed by atoms with Crippen molar-refractivity contribution in [2.45, 2.75) is 33.1 Å². The van der Waals surface area contributed by atoms with Gasteiger partial charge in [-0.25, -0.2) is 4.98 Å². The predicted molar refractivity (Wildman–Crippen MR) is 79.8 cm³/mol. The van der Waals surface area contributed by atoms with Crippen LogP contribution in [-0.4, -0.2) is 4.98 Å². The maximum atomic E-state index is 5.81. The number of aromatic nitrogens is 1. The molecule has 0 unspecified atom stereocenters. The van der Waals surface area contributed by atoms with E-state index in [9.17, 15) is 0 Å². The smallest absolute Gasteiger partial charge is 0.140 e. The molecule has 0 saturated carbocycles. The van der Waals surface area contributed by atoms with Crippen molar-refractivity contribution in [2.24, 2.45) is 0 Å². The SMILES string of the molecule is Cc1ccc(OCc2nc(C)c(CS)s2)c(C)c1. The molecule has 0 aliphatic carbocycles. The van der Waals surface area contributed by atoms with E-state index >= 15 is 0 Å². The van der Waals surface area contributed by atoms with E-state index in [-0.39, 0.29) is 0 Å². The second-order valence-corrected chi connectivity index (χ2v) is 5.82. The molecule has 0 atom stereocenters. The van der Waals surface area contributed by atoms with E-state index in [1.54, 1.807) is 11.3 Å². The van der Waals surface area contributed by atoms with Crippen LogP contribution in [0.5, 0.6) is 5.75 Å². The Hall–Kier alpha value is -1.00. The Morgan fingerprint density at radius 2 is 2.06 bits per heavy atom. The van der Waals surface area contributed by atoms with Crippen molar-refractivity contribution < 1.29 is 4.74 Å². The molecule has 0 bridgehead atoms. The molecule has 2 nitrogen and oxygen atoms in total. The molecule has 0 aliphatic heterocycles. The fourth-order valence-corrected chi connectivity index (χ4v) is 3.06. The molecular weight excluding hydrogens is 262 g/mol. The van der Waals surface area contributed by atoms with E-state index in [1.807, 2.05) is 13.0 Å². The number of benzene rings is 1. The summed E-state index contributed by atoms with van der Waals surface area (Å²) >= 11 is 5.96. The number of rotatable bonds is 4. The van der Waals surface area contributed by atoms with Crippen LogP contribution < -0.4 is 4.74 Å². The molecule has 96 valence electrons. The number of hydrogen-bond donors (Lipinski definition) is 1. The highest BCUT2D eigenvalue weighted by Crippen LogP contribution is 2.23. The van der Waals surface area contributed by atoms with E-state index in [0.29, 0.717) is 6.61 Å². The second-order valence-electron chi connectivity index (χ2n) is 4.33. The van der Waals surface area contributed by atoms with Gasteiger partial charge in [-0.05, 0) is 32.4 Å². The number of hydrogen-bond acceptors (Lipinski definition) is 4. The molecular formula is C14H17NOS2. The summed E-state index contributed by atoms with van der Waals surface area (Å²) in [6, 6.07) is 6.21. The summed E-state index contributed by atoms with van der Waals surface area (Å²) in [5.74, 6) is 1.67. The Kier molecular flexibility index (Phi) is 4.30. The van der Waals surface area contributed by atoms with Crippen molar-refractivity contribution >= 4 is 24.0 Å². The van der Waals surface area contributed by atoms with Gasteiger partial charge in [-0.15, -0.1) is 11.3 Å². The molecule has 0 saturated heterocycles. The lowest BCUT2D eigenvalue weighted by Gasteiger charge is -2.07. The highest BCUT2D eigenvalue weighted by atomic mass is 32.1. The summed E-state index contributed by atoms with van der Waals surface area (Å²) < 4.78 is 5.81. The van der Waals surface area contributed by atoms with E-state index in [1.165, 1.54) is 10.4 Å². The monoisotopic (exact) mass is 279 g/mol. The number of thiazole rings is 1. The average Bonchev–Trinajstić information content (AvgIpc) is 2.69. The number of aryl methyl sites for hydroxylation is 3. The van der Waals surface area contributed by atoms with Crippen molar-refractivity contribution in [3.05, 3.63) is 44.9 Å². The molecule has 2 rings (SSSR count). The van der Waals surface area contributed by atoms with Crippen LogP contribution in [0, 0.1) is 20.8 Å². The Balaban J connectivity index is 2.06. The third kappa shape index (κ3) is 3.06. The summed E-state index contributed by atoms with van der Waals surface area (Å²) in [6.45, 7) is 6.69. The topological polar surface area (TPSA) is 22.1 Å². The van der Waals surface area contributed by atoms with Crippen molar-refractivity contribution in [1.82, 2.24) is 4.98 Å². The van der Waals surface area contributed by atoms with Gasteiger partial charge < -0.3 is 4.74 Å². The van der Waals surface area contributed by atoms with Gasteiger partial charge >= 0.3 is 0 Å². The minimum atomic E-state index is 0.531. The van der Waals surface area contributed by atoms with Gasteiger partial charge in [-0.2, -0.15) is 12.6 Å². The first-order valence-corrected chi connectivity index (χ1v) is 7.31. The molecule has 1 heterocycles. The standard InChI is InChI=1S/C14H17NOS2/c1-9-4-5-12(10(2)6-9)16-7-14-15-11(3)13(8-17)18-14/h4-6,17H,7-8H2,1-3H3. The van der Waals surface area contributed by atoms with Crippen molar-refractivity contribution in [2.75, 3.05) is 0 Å². The molecule has 0 fully saturated rings. The molecule has 18 heavy (non-hydrogen) atoms. The zero-order chi connectivity index (χ0) is 13.1. The molecule has 0 radical (unpaired) electrons. The van der Waals surface area contributed by atoms with E-state index in [0.717, 1.165) is 27.8 Å². The van der Waals surface area contributed by atoms with Crippen LogP contribution >= 0.6 is 24.0 Å². The maximum absolute atomic E-state index is 5.81. The zero-order valence-electron chi connectivity index (χ0n) is 10.9. The normalized spacial score (nSPS) is 10.7. The lowest BCUT2D eigenvalue weighted by Crippen LogP contribution is -1.96. The molecule has 0 aliphatic rings. The van der Waals surface area contributed by atoms with E-state index in [4.69, 9.17) is 4.74 Å². The minimum Gasteiger partial charge on any atom is -0.486 e. The van der Waals surface area contributed by atoms with E-state index < -0.39 is 0 Å². The second kappa shape index (κ2) is 5.76. The summed E-state index contributed by atoms with van der Waals surface area (Å²) in [7, 11) is 0. The van der Waals surface area contributed by atoms with Crippen LogP contribution in [0.3, 0.4) is 0 Å². The lowest BCUT2D eigenvalue weighted by molar-refractivity contribution is 0.303. The maximum Gasteiger partial charge on any atom is 0.140 e. The van der Waals surface area contributed by atoms with Crippen molar-refractivity contribution in [3.8, 4) is 5.75 Å². The van der Waals surface area contributed by atoms with Crippen LogP contribution in [0.15, 0.2) is 18.2 Å². The third-order valence-corrected chi connectivity index (χ3v) is 4.42. The van der Waals surface area contributed by atoms with Gasteiger partial charge in [-0.3, -0.25) is 0 Å². The molecule has 1 aromatic heterocycles. The molecule has 0 N–H and O–H groups in total. The third-order valence-electron chi connectivity index (χ3n) is 2.76. The quantitative estimate of drug-likeness (QED) is 0.852. The molecule has 4 heteroatoms. The predicted octanol–water partition coefficient (Wildman–Crippen LogP) is 4.08. The fourth-order valence-electron chi connectivity index (χ4n) is 1.80. The molecule has 0 spiro atoms. The molecule has 0 amide bonds. The van der Waals surface area contributed by atoms with Crippen LogP contribution in [0.4, 0.5) is 0 Å². The zero-order valence-corrected chi connectivity index (χ0v) is 12.6. The summed E-state index contributed by atoms with van der Waals surface area (Å²) in [5.41, 5.74) is 3.48. The van der Waals surface area contributed by atoms with Gasteiger partial charge in [0.25, 0.3) is 0 Å². The Labute approximate surface area is 117 Å². The first-order valence-electron chi connectivity index (χ1n) is 5.86. The van der Waals surface area contributed by atoms with Crippen LogP contribution in [0.25, 0.3) is 0 Å². The van der Waals surface area contributed by atoms with Crippen LogP contribution in [0.1, 0.15) is 26.7 Å². The van der Waals surface area contributed by atoms with Gasteiger partial charge in [-0.1, -0.05) is 17.7 Å². The molecule has 1 aromatic carbocycles. The Morgan fingerprint density at radius 1 is 1.28 bits per heavy atom. The first-order chi connectivity index (χ1) is 8.60. The number of ether oxygens (including phenoxy) is 1. The number of thiol groups is 1. The van der Waals surface area contributed by atoms with Crippen molar-refractivity contribution in [3.63, 3.8) is 0 Å². The average molecular weight is 279 g/mol. The van der Waals surface area contributed by atoms with Crippen LogP contribution in [-0.2, 0) is 12.4 Å². The van der Waals surface area contributed by atoms with Crippen molar-refractivity contribution in [1.29, 1.82) is 0 Å². The minimum absolute atomic E-state index is 0.531. The Morgan fingerprint density at radius 3 is 2.67 bits per heavy atom. The van der Waals surface area contributed by atoms with Gasteiger partial charge in [0.1, 0.15) is 17.4 Å². The largest absolute Gasteiger partial charge is 0.486 e. The Bertz CT molecular complexity index is 549. The van der Waals surface area contributed by atoms with E-state index in [2.05, 4.69) is 43.6 Å². The first kappa shape index (κ1) is 13.4. The summed E-state index contributed by atoms with van der Waals surface area (Å²) in [6.07, 6.45) is 0. The summed E-state index contributed by atoms with van der Waals surface area (Å²) in [4.78, 5) is 5.71. The highest BCUT2D eigenvalue weighted by molar-refractivity contribution is 7.79. The van der Waals surface area contributed by atoms with Gasteiger partial charge in [0.2, 0.25) is 0 Å². The van der Waals surface area contributed by atoms with Crippen LogP contribution in [0.2, 0.25) is 0 Å². The number of nitrogens with zero attached hydrogens (tertiary/aromatic N) is 1. The van der Waals surface area contributed by atoms with Gasteiger partial charge in [0.15, 0.2) is 0 Å². The molecule has 2 aromatic rings. The van der Waals surface area contributed by atoms with Gasteiger partial charge in [0, 0.05) is 10.6 Å². The summed E-state index contributed by atoms with van der Waals surface area (Å²) in [5, 5.41) is 1.01.